The highest BCUT2D eigenvalue weighted by molar-refractivity contribution is 5.85. The van der Waals surface area contributed by atoms with Gasteiger partial charge in [0.15, 0.2) is 12.4 Å². The zero-order valence-electron chi connectivity index (χ0n) is 14.0. The first-order chi connectivity index (χ1) is 13.0. The molecule has 27 heavy (non-hydrogen) atoms. The van der Waals surface area contributed by atoms with E-state index in [9.17, 15) is 20.0 Å². The van der Waals surface area contributed by atoms with Gasteiger partial charge in [-0.05, 0) is 35.0 Å². The Morgan fingerprint density at radius 3 is 2.70 bits per heavy atom. The zero-order valence-corrected chi connectivity index (χ0v) is 14.0. The van der Waals surface area contributed by atoms with Gasteiger partial charge in [0.05, 0.1) is 11.1 Å². The van der Waals surface area contributed by atoms with E-state index in [-0.39, 0.29) is 6.61 Å². The Morgan fingerprint density at radius 1 is 1.15 bits per heavy atom. The lowest BCUT2D eigenvalue weighted by Gasteiger charge is -2.06. The topological polar surface area (TPSA) is 114 Å². The minimum atomic E-state index is -0.706. The quantitative estimate of drug-likeness (QED) is 0.396. The van der Waals surface area contributed by atoms with Crippen LogP contribution in [-0.4, -0.2) is 28.8 Å². The van der Waals surface area contributed by atoms with Crippen LogP contribution in [0.2, 0.25) is 0 Å². The molecular formula is C19H15N3O5. The smallest absolute Gasteiger partial charge is 0.311 e. The molecule has 8 nitrogen and oxygen atoms in total. The van der Waals surface area contributed by atoms with E-state index in [2.05, 4.69) is 10.5 Å². The number of hydrogen-bond donors (Lipinski definition) is 2. The summed E-state index contributed by atoms with van der Waals surface area (Å²) >= 11 is 0. The van der Waals surface area contributed by atoms with E-state index in [0.29, 0.717) is 11.3 Å². The van der Waals surface area contributed by atoms with Gasteiger partial charge in [0.1, 0.15) is 5.75 Å². The summed E-state index contributed by atoms with van der Waals surface area (Å²) < 4.78 is 5.44. The van der Waals surface area contributed by atoms with Crippen LogP contribution in [0.25, 0.3) is 10.8 Å². The molecule has 136 valence electrons. The number of hydrazone groups is 1. The van der Waals surface area contributed by atoms with Crippen molar-refractivity contribution in [1.29, 1.82) is 0 Å². The van der Waals surface area contributed by atoms with Gasteiger partial charge in [-0.15, -0.1) is 0 Å². The third-order valence-electron chi connectivity index (χ3n) is 3.69. The number of carbonyl (C=O) groups is 1. The molecule has 8 heteroatoms. The summed E-state index contributed by atoms with van der Waals surface area (Å²) in [5.41, 5.74) is 2.19. The van der Waals surface area contributed by atoms with Gasteiger partial charge < -0.3 is 9.84 Å². The molecule has 0 saturated carbocycles. The highest BCUT2D eigenvalue weighted by atomic mass is 16.6. The fourth-order valence-corrected chi connectivity index (χ4v) is 2.38. The van der Waals surface area contributed by atoms with E-state index in [1.165, 1.54) is 18.3 Å². The molecule has 0 spiro atoms. The van der Waals surface area contributed by atoms with Crippen molar-refractivity contribution in [3.8, 4) is 11.5 Å². The Labute approximate surface area is 153 Å². The van der Waals surface area contributed by atoms with Gasteiger partial charge >= 0.3 is 5.69 Å². The summed E-state index contributed by atoms with van der Waals surface area (Å²) in [5.74, 6) is -0.361. The maximum Gasteiger partial charge on any atom is 0.311 e. The van der Waals surface area contributed by atoms with Crippen molar-refractivity contribution < 1.29 is 19.6 Å². The molecule has 3 aromatic rings. The predicted octanol–water partition coefficient (Wildman–Crippen LogP) is 2.98. The number of hydrogen-bond acceptors (Lipinski definition) is 6. The number of ether oxygens (including phenoxy) is 1. The molecule has 0 aliphatic carbocycles. The molecule has 0 radical (unpaired) electrons. The van der Waals surface area contributed by atoms with Crippen LogP contribution in [0, 0.1) is 10.1 Å². The standard InChI is InChI=1S/C19H15N3O5/c23-18-8-5-13(9-17(18)22(25)26)11-20-21-19(24)12-27-16-7-6-14-3-1-2-4-15(14)10-16/h1-11,23H,12H2,(H,21,24)/b20-11+. The van der Waals surface area contributed by atoms with E-state index in [0.717, 1.165) is 16.8 Å². The number of nitro groups is 1. The highest BCUT2D eigenvalue weighted by Crippen LogP contribution is 2.25. The minimum Gasteiger partial charge on any atom is -0.502 e. The van der Waals surface area contributed by atoms with Crippen molar-refractivity contribution in [2.24, 2.45) is 5.10 Å². The van der Waals surface area contributed by atoms with Crippen molar-refractivity contribution in [3.63, 3.8) is 0 Å². The number of rotatable bonds is 6. The molecule has 3 aromatic carbocycles. The van der Waals surface area contributed by atoms with Gasteiger partial charge in [-0.25, -0.2) is 5.43 Å². The number of phenols is 1. The molecule has 0 aliphatic heterocycles. The van der Waals surface area contributed by atoms with Crippen molar-refractivity contribution in [1.82, 2.24) is 5.43 Å². The molecule has 2 N–H and O–H groups in total. The Balaban J connectivity index is 1.55. The summed E-state index contributed by atoms with van der Waals surface area (Å²) in [7, 11) is 0. The number of aromatic hydroxyl groups is 1. The molecule has 0 heterocycles. The first-order valence-electron chi connectivity index (χ1n) is 7.94. The van der Waals surface area contributed by atoms with Gasteiger partial charge in [0.2, 0.25) is 0 Å². The van der Waals surface area contributed by atoms with Crippen LogP contribution >= 0.6 is 0 Å². The monoisotopic (exact) mass is 365 g/mol. The van der Waals surface area contributed by atoms with Crippen LogP contribution in [0.1, 0.15) is 5.56 Å². The summed E-state index contributed by atoms with van der Waals surface area (Å²) in [6.45, 7) is -0.231. The number of phenolic OH excluding ortho intramolecular Hbond substituents is 1. The lowest BCUT2D eigenvalue weighted by atomic mass is 10.1. The summed E-state index contributed by atoms with van der Waals surface area (Å²) in [5, 5.41) is 26.0. The number of nitro benzene ring substituents is 1. The maximum atomic E-state index is 11.8. The normalized spacial score (nSPS) is 10.8. The average Bonchev–Trinajstić information content (AvgIpc) is 2.67. The zero-order chi connectivity index (χ0) is 19.2. The van der Waals surface area contributed by atoms with E-state index in [1.54, 1.807) is 6.07 Å². The van der Waals surface area contributed by atoms with E-state index in [4.69, 9.17) is 4.74 Å². The molecule has 0 atom stereocenters. The van der Waals surface area contributed by atoms with Crippen LogP contribution in [-0.2, 0) is 4.79 Å². The lowest BCUT2D eigenvalue weighted by Crippen LogP contribution is -2.24. The van der Waals surface area contributed by atoms with Crippen molar-refractivity contribution in [2.45, 2.75) is 0 Å². The maximum absolute atomic E-state index is 11.8. The SMILES string of the molecule is O=C(COc1ccc2ccccc2c1)N/N=C/c1ccc(O)c([N+](=O)[O-])c1. The Bertz CT molecular complexity index is 1030. The van der Waals surface area contributed by atoms with Gasteiger partial charge in [0, 0.05) is 11.6 Å². The van der Waals surface area contributed by atoms with Crippen LogP contribution in [0.5, 0.6) is 11.5 Å². The number of nitrogens with one attached hydrogen (secondary N) is 1. The first kappa shape index (κ1) is 17.9. The Kier molecular flexibility index (Phi) is 5.27. The second-order valence-electron chi connectivity index (χ2n) is 5.60. The lowest BCUT2D eigenvalue weighted by molar-refractivity contribution is -0.385. The molecule has 0 aliphatic rings. The second-order valence-corrected chi connectivity index (χ2v) is 5.60. The van der Waals surface area contributed by atoms with Crippen LogP contribution in [0.4, 0.5) is 5.69 Å². The van der Waals surface area contributed by atoms with Gasteiger partial charge in [0.25, 0.3) is 5.91 Å². The average molecular weight is 365 g/mol. The molecule has 0 saturated heterocycles. The van der Waals surface area contributed by atoms with Crippen molar-refractivity contribution >= 4 is 28.6 Å². The summed E-state index contributed by atoms with van der Waals surface area (Å²) in [4.78, 5) is 21.9. The van der Waals surface area contributed by atoms with Crippen molar-refractivity contribution in [2.75, 3.05) is 6.61 Å². The number of carbonyl (C=O) groups excluding carboxylic acids is 1. The van der Waals surface area contributed by atoms with Gasteiger partial charge in [-0.3, -0.25) is 14.9 Å². The molecule has 3 rings (SSSR count). The Hall–Kier alpha value is -3.94. The molecule has 0 unspecified atom stereocenters. The highest BCUT2D eigenvalue weighted by Gasteiger charge is 2.12. The van der Waals surface area contributed by atoms with Crippen LogP contribution in [0.3, 0.4) is 0 Å². The number of nitrogens with zero attached hydrogens (tertiary/aromatic N) is 2. The van der Waals surface area contributed by atoms with E-state index in [1.807, 2.05) is 36.4 Å². The fourth-order valence-electron chi connectivity index (χ4n) is 2.38. The third kappa shape index (κ3) is 4.57. The minimum absolute atomic E-state index is 0.231. The second kappa shape index (κ2) is 7.96. The van der Waals surface area contributed by atoms with E-state index < -0.39 is 22.3 Å². The largest absolute Gasteiger partial charge is 0.502 e. The molecular weight excluding hydrogens is 350 g/mol. The van der Waals surface area contributed by atoms with Crippen LogP contribution in [0.15, 0.2) is 65.8 Å². The Morgan fingerprint density at radius 2 is 1.93 bits per heavy atom. The van der Waals surface area contributed by atoms with Gasteiger partial charge in [-0.1, -0.05) is 30.3 Å². The third-order valence-corrected chi connectivity index (χ3v) is 3.69. The molecule has 1 amide bonds. The van der Waals surface area contributed by atoms with Gasteiger partial charge in [-0.2, -0.15) is 5.10 Å². The number of benzene rings is 3. The molecule has 0 bridgehead atoms. The summed E-state index contributed by atoms with van der Waals surface area (Å²) in [6.07, 6.45) is 1.24. The fraction of sp³-hybridized carbons (Fsp3) is 0.0526. The van der Waals surface area contributed by atoms with Crippen LogP contribution < -0.4 is 10.2 Å². The van der Waals surface area contributed by atoms with E-state index >= 15 is 0 Å². The molecule has 0 aromatic heterocycles. The van der Waals surface area contributed by atoms with Crippen molar-refractivity contribution in [3.05, 3.63) is 76.3 Å². The summed E-state index contributed by atoms with van der Waals surface area (Å²) in [6, 6.07) is 17.1. The predicted molar refractivity (Wildman–Crippen MR) is 99.9 cm³/mol. The molecule has 0 fully saturated rings. The first-order valence-corrected chi connectivity index (χ1v) is 7.94. The number of fused-ring (bicyclic) bond motifs is 1. The number of amides is 1.